The van der Waals surface area contributed by atoms with E-state index in [-0.39, 0.29) is 0 Å². The van der Waals surface area contributed by atoms with Crippen LogP contribution in [0.3, 0.4) is 0 Å². The highest BCUT2D eigenvalue weighted by molar-refractivity contribution is 5.38. The Kier molecular flexibility index (Phi) is 5.49. The lowest BCUT2D eigenvalue weighted by Crippen LogP contribution is -2.19. The van der Waals surface area contributed by atoms with E-state index in [4.69, 9.17) is 5.73 Å². The minimum Gasteiger partial charge on any atom is -0.352 e. The first-order chi connectivity index (χ1) is 9.85. The van der Waals surface area contributed by atoms with Crippen molar-refractivity contribution in [3.8, 4) is 5.69 Å². The second-order valence-electron chi connectivity index (χ2n) is 4.86. The van der Waals surface area contributed by atoms with Crippen LogP contribution in [0.15, 0.2) is 30.3 Å². The topological polar surface area (TPSA) is 81.7 Å². The van der Waals surface area contributed by atoms with Crippen molar-refractivity contribution in [1.82, 2.24) is 20.2 Å². The predicted molar refractivity (Wildman–Crippen MR) is 79.7 cm³/mol. The molecule has 1 heterocycles. The number of rotatable bonds is 8. The molecule has 0 fully saturated rings. The number of anilines is 1. The summed E-state index contributed by atoms with van der Waals surface area (Å²) in [6, 6.07) is 9.86. The average Bonchev–Trinajstić information content (AvgIpc) is 2.94. The maximum atomic E-state index is 5.66. The van der Waals surface area contributed by atoms with Gasteiger partial charge in [-0.05, 0) is 47.9 Å². The van der Waals surface area contributed by atoms with Gasteiger partial charge in [-0.3, -0.25) is 0 Å². The highest BCUT2D eigenvalue weighted by Gasteiger charge is 2.11. The zero-order valence-electron chi connectivity index (χ0n) is 11.9. The number of aromatic nitrogens is 4. The zero-order chi connectivity index (χ0) is 14.2. The van der Waals surface area contributed by atoms with Gasteiger partial charge in [-0.1, -0.05) is 36.6 Å². The molecule has 1 aromatic carbocycles. The molecular weight excluding hydrogens is 252 g/mol. The molecule has 0 aliphatic carbocycles. The fraction of sp³-hybridized carbons (Fsp3) is 0.500. The van der Waals surface area contributed by atoms with Gasteiger partial charge in [0.2, 0.25) is 5.95 Å². The second-order valence-corrected chi connectivity index (χ2v) is 4.86. The smallest absolute Gasteiger partial charge is 0.247 e. The summed E-state index contributed by atoms with van der Waals surface area (Å²) in [5.41, 5.74) is 6.61. The summed E-state index contributed by atoms with van der Waals surface area (Å²) >= 11 is 0. The summed E-state index contributed by atoms with van der Waals surface area (Å²) < 4.78 is 1.71. The number of tetrazole rings is 1. The second kappa shape index (κ2) is 7.59. The lowest BCUT2D eigenvalue weighted by molar-refractivity contribution is 0.472. The van der Waals surface area contributed by atoms with Gasteiger partial charge in [0, 0.05) is 6.54 Å². The van der Waals surface area contributed by atoms with Gasteiger partial charge in [0.1, 0.15) is 0 Å². The molecule has 0 bridgehead atoms. The van der Waals surface area contributed by atoms with Crippen LogP contribution in [0.2, 0.25) is 0 Å². The van der Waals surface area contributed by atoms with Crippen LogP contribution < -0.4 is 11.1 Å². The third-order valence-corrected chi connectivity index (χ3v) is 3.29. The molecule has 2 rings (SSSR count). The molecule has 20 heavy (non-hydrogen) atoms. The van der Waals surface area contributed by atoms with Crippen LogP contribution >= 0.6 is 0 Å². The molecule has 1 atom stereocenters. The third kappa shape index (κ3) is 3.77. The average molecular weight is 274 g/mol. The molecule has 1 aromatic heterocycles. The number of nitrogens with two attached hydrogens (primary N) is 1. The largest absolute Gasteiger partial charge is 0.352 e. The first kappa shape index (κ1) is 14.5. The zero-order valence-corrected chi connectivity index (χ0v) is 11.9. The molecule has 0 radical (unpaired) electrons. The van der Waals surface area contributed by atoms with Gasteiger partial charge in [-0.15, -0.1) is 0 Å². The van der Waals surface area contributed by atoms with Crippen LogP contribution in [0.25, 0.3) is 5.69 Å². The van der Waals surface area contributed by atoms with Crippen molar-refractivity contribution in [3.63, 3.8) is 0 Å². The van der Waals surface area contributed by atoms with Crippen LogP contribution in [0.1, 0.15) is 26.2 Å². The normalized spacial score (nSPS) is 12.3. The van der Waals surface area contributed by atoms with E-state index in [2.05, 4.69) is 27.8 Å². The predicted octanol–water partition coefficient (Wildman–Crippen LogP) is 1.84. The van der Waals surface area contributed by atoms with E-state index >= 15 is 0 Å². The number of para-hydroxylation sites is 1. The summed E-state index contributed by atoms with van der Waals surface area (Å²) in [6.07, 6.45) is 3.35. The molecule has 0 amide bonds. The molecule has 3 N–H and O–H groups in total. The van der Waals surface area contributed by atoms with Gasteiger partial charge in [-0.2, -0.15) is 4.68 Å². The standard InChI is InChI=1S/C14H22N6/c1-2-6-12(9-10-15)11-16-14-17-18-19-20(14)13-7-4-3-5-8-13/h3-5,7-8,12H,2,6,9-11,15H2,1H3,(H,16,17,19). The van der Waals surface area contributed by atoms with E-state index in [1.54, 1.807) is 4.68 Å². The van der Waals surface area contributed by atoms with Gasteiger partial charge in [0.25, 0.3) is 0 Å². The van der Waals surface area contributed by atoms with Crippen LogP contribution in [0.4, 0.5) is 5.95 Å². The number of nitrogens with one attached hydrogen (secondary N) is 1. The summed E-state index contributed by atoms with van der Waals surface area (Å²) in [5.74, 6) is 1.24. The lowest BCUT2D eigenvalue weighted by Gasteiger charge is -2.16. The molecule has 6 heteroatoms. The van der Waals surface area contributed by atoms with Gasteiger partial charge in [0.05, 0.1) is 5.69 Å². The Morgan fingerprint density at radius 2 is 2.05 bits per heavy atom. The van der Waals surface area contributed by atoms with Crippen molar-refractivity contribution in [3.05, 3.63) is 30.3 Å². The Labute approximate surface area is 119 Å². The monoisotopic (exact) mass is 274 g/mol. The maximum absolute atomic E-state index is 5.66. The molecule has 108 valence electrons. The highest BCUT2D eigenvalue weighted by Crippen LogP contribution is 2.14. The fourth-order valence-electron chi connectivity index (χ4n) is 2.27. The molecule has 0 aliphatic heterocycles. The molecular formula is C14H22N6. The van der Waals surface area contributed by atoms with Gasteiger partial charge < -0.3 is 11.1 Å². The van der Waals surface area contributed by atoms with Crippen LogP contribution in [0, 0.1) is 5.92 Å². The van der Waals surface area contributed by atoms with E-state index < -0.39 is 0 Å². The minimum absolute atomic E-state index is 0.561. The summed E-state index contributed by atoms with van der Waals surface area (Å²) in [5, 5.41) is 15.1. The molecule has 0 aliphatic rings. The summed E-state index contributed by atoms with van der Waals surface area (Å²) in [4.78, 5) is 0. The van der Waals surface area contributed by atoms with Gasteiger partial charge >= 0.3 is 0 Å². The van der Waals surface area contributed by atoms with Gasteiger partial charge in [0.15, 0.2) is 0 Å². The SMILES string of the molecule is CCCC(CCN)CNc1nnnn1-c1ccccc1. The van der Waals surface area contributed by atoms with Crippen molar-refractivity contribution < 1.29 is 0 Å². The Morgan fingerprint density at radius 3 is 2.75 bits per heavy atom. The van der Waals surface area contributed by atoms with Crippen LogP contribution in [0.5, 0.6) is 0 Å². The fourth-order valence-corrected chi connectivity index (χ4v) is 2.27. The molecule has 6 nitrogen and oxygen atoms in total. The Bertz CT molecular complexity index is 489. The van der Waals surface area contributed by atoms with Crippen LogP contribution in [-0.4, -0.2) is 33.3 Å². The van der Waals surface area contributed by atoms with E-state index in [1.807, 2.05) is 30.3 Å². The molecule has 0 saturated carbocycles. The molecule has 1 unspecified atom stereocenters. The summed E-state index contributed by atoms with van der Waals surface area (Å²) in [7, 11) is 0. The first-order valence-corrected chi connectivity index (χ1v) is 7.13. The number of hydrogen-bond acceptors (Lipinski definition) is 5. The minimum atomic E-state index is 0.561. The first-order valence-electron chi connectivity index (χ1n) is 7.13. The maximum Gasteiger partial charge on any atom is 0.247 e. The van der Waals surface area contributed by atoms with Crippen molar-refractivity contribution in [2.24, 2.45) is 11.7 Å². The van der Waals surface area contributed by atoms with E-state index in [0.29, 0.717) is 11.9 Å². The van der Waals surface area contributed by atoms with E-state index in [9.17, 15) is 0 Å². The van der Waals surface area contributed by atoms with Crippen LogP contribution in [-0.2, 0) is 0 Å². The van der Waals surface area contributed by atoms with Crippen molar-refractivity contribution in [2.45, 2.75) is 26.2 Å². The molecule has 0 spiro atoms. The number of benzene rings is 1. The third-order valence-electron chi connectivity index (χ3n) is 3.29. The molecule has 2 aromatic rings. The van der Waals surface area contributed by atoms with Gasteiger partial charge in [-0.25, -0.2) is 0 Å². The number of hydrogen-bond donors (Lipinski definition) is 2. The number of nitrogens with zero attached hydrogens (tertiary/aromatic N) is 4. The van der Waals surface area contributed by atoms with E-state index in [1.165, 1.54) is 0 Å². The Hall–Kier alpha value is -1.95. The van der Waals surface area contributed by atoms with Crippen molar-refractivity contribution in [1.29, 1.82) is 0 Å². The van der Waals surface area contributed by atoms with E-state index in [0.717, 1.165) is 38.0 Å². The van der Waals surface area contributed by atoms with Crippen molar-refractivity contribution in [2.75, 3.05) is 18.4 Å². The Balaban J connectivity index is 2.02. The lowest BCUT2D eigenvalue weighted by atomic mass is 10.00. The molecule has 0 saturated heterocycles. The Morgan fingerprint density at radius 1 is 1.25 bits per heavy atom. The quantitative estimate of drug-likeness (QED) is 0.767. The summed E-state index contributed by atoms with van der Waals surface area (Å²) in [6.45, 7) is 3.76. The van der Waals surface area contributed by atoms with Crippen molar-refractivity contribution >= 4 is 5.95 Å². The highest BCUT2D eigenvalue weighted by atomic mass is 15.6.